The Bertz CT molecular complexity index is 1650. The van der Waals surface area contributed by atoms with Crippen molar-refractivity contribution in [3.8, 4) is 0 Å². The fourth-order valence-corrected chi connectivity index (χ4v) is 7.57. The van der Waals surface area contributed by atoms with Gasteiger partial charge in [-0.15, -0.1) is 0 Å². The van der Waals surface area contributed by atoms with Crippen molar-refractivity contribution in [2.75, 3.05) is 24.5 Å². The lowest BCUT2D eigenvalue weighted by molar-refractivity contribution is -0.183. The zero-order valence-electron chi connectivity index (χ0n) is 26.4. The molecule has 3 saturated heterocycles. The van der Waals surface area contributed by atoms with Crippen LogP contribution >= 0.6 is 0 Å². The predicted molar refractivity (Wildman–Crippen MR) is 160 cm³/mol. The highest BCUT2D eigenvalue weighted by molar-refractivity contribution is 5.92. The SMILES string of the molecule is CCn1nccc1C(=O)N[C@H](c1cn2nc(CC3C[C@@H](C(F)(F)F)CNC3=O)c(N3CC4CCC(C3)O4)nc2n1)C1CCC(F)(F)CC1. The van der Waals surface area contributed by atoms with E-state index in [4.69, 9.17) is 19.8 Å². The van der Waals surface area contributed by atoms with Crippen LogP contribution < -0.4 is 15.5 Å². The lowest BCUT2D eigenvalue weighted by Crippen LogP contribution is -2.47. The lowest BCUT2D eigenvalue weighted by Gasteiger charge is -2.34. The van der Waals surface area contributed by atoms with E-state index in [0.717, 1.165) is 12.8 Å². The molecule has 6 heterocycles. The average Bonchev–Trinajstić information content (AvgIpc) is 3.78. The maximum atomic E-state index is 14.2. The van der Waals surface area contributed by atoms with Gasteiger partial charge in [0.2, 0.25) is 11.8 Å². The number of nitrogens with zero attached hydrogens (tertiary/aromatic N) is 7. The van der Waals surface area contributed by atoms with Gasteiger partial charge in [-0.1, -0.05) is 0 Å². The molecule has 3 aromatic heterocycles. The third-order valence-corrected chi connectivity index (χ3v) is 10.2. The Kier molecular flexibility index (Phi) is 8.52. The van der Waals surface area contributed by atoms with Crippen LogP contribution in [-0.2, 0) is 22.5 Å². The standard InChI is InChI=1S/C31H38F5N9O3/c1-2-44-24(7-10-38-44)28(47)40-25(17-5-8-30(32,33)9-6-17)23-16-45-29(39-23)41-26(43-14-20-3-4-21(15-43)48-20)22(42-45)12-18-11-19(31(34,35)36)13-37-27(18)46/h7,10,16-21,25H,2-6,8-9,11-15H2,1H3,(H,37,46)(H,40,47)/t18?,19-,20?,21?,25+/m1/s1. The van der Waals surface area contributed by atoms with Crippen molar-refractivity contribution in [1.29, 1.82) is 0 Å². The average molecular weight is 680 g/mol. The number of fused-ring (bicyclic) bond motifs is 3. The number of halogens is 5. The molecule has 1 aliphatic carbocycles. The lowest BCUT2D eigenvalue weighted by atomic mass is 9.81. The Morgan fingerprint density at radius 3 is 2.56 bits per heavy atom. The van der Waals surface area contributed by atoms with Crippen LogP contribution in [0.25, 0.3) is 5.78 Å². The largest absolute Gasteiger partial charge is 0.393 e. The fraction of sp³-hybridized carbons (Fsp3) is 0.677. The van der Waals surface area contributed by atoms with Gasteiger partial charge in [0.25, 0.3) is 11.7 Å². The van der Waals surface area contributed by atoms with Gasteiger partial charge in [0.15, 0.2) is 5.82 Å². The number of nitrogens with one attached hydrogen (secondary N) is 2. The van der Waals surface area contributed by atoms with Crippen molar-refractivity contribution in [3.63, 3.8) is 0 Å². The summed E-state index contributed by atoms with van der Waals surface area (Å²) in [7, 11) is 0. The first-order valence-electron chi connectivity index (χ1n) is 16.6. The zero-order chi connectivity index (χ0) is 33.8. The normalized spacial score (nSPS) is 26.9. The summed E-state index contributed by atoms with van der Waals surface area (Å²) in [6, 6.07) is 0.830. The molecule has 2 bridgehead atoms. The number of carbonyl (C=O) groups is 2. The van der Waals surface area contributed by atoms with Gasteiger partial charge in [0.05, 0.1) is 36.1 Å². The molecule has 2 amide bonds. The number of piperidine rings is 1. The van der Waals surface area contributed by atoms with Crippen molar-refractivity contribution in [1.82, 2.24) is 40.0 Å². The fourth-order valence-electron chi connectivity index (χ4n) is 7.57. The molecule has 3 unspecified atom stereocenters. The van der Waals surface area contributed by atoms with E-state index in [-0.39, 0.29) is 62.4 Å². The molecule has 1 saturated carbocycles. The quantitative estimate of drug-likeness (QED) is 0.344. The molecule has 7 rings (SSSR count). The summed E-state index contributed by atoms with van der Waals surface area (Å²) in [5, 5.41) is 14.3. The summed E-state index contributed by atoms with van der Waals surface area (Å²) in [5.41, 5.74) is 1.04. The second kappa shape index (κ2) is 12.5. The van der Waals surface area contributed by atoms with Crippen LogP contribution in [0, 0.1) is 17.8 Å². The Balaban J connectivity index is 1.25. The number of carbonyl (C=O) groups excluding carboxylic acids is 2. The number of hydrogen-bond donors (Lipinski definition) is 2. The number of aromatic nitrogens is 6. The number of aryl methyl sites for hydroxylation is 1. The summed E-state index contributed by atoms with van der Waals surface area (Å²) in [6.45, 7) is 2.84. The second-order valence-electron chi connectivity index (χ2n) is 13.5. The van der Waals surface area contributed by atoms with E-state index in [9.17, 15) is 31.5 Å². The van der Waals surface area contributed by atoms with Gasteiger partial charge in [-0.25, -0.2) is 18.3 Å². The van der Waals surface area contributed by atoms with Gasteiger partial charge in [-0.2, -0.15) is 28.4 Å². The second-order valence-corrected chi connectivity index (χ2v) is 13.5. The summed E-state index contributed by atoms with van der Waals surface area (Å²) in [4.78, 5) is 37.9. The van der Waals surface area contributed by atoms with Crippen LogP contribution in [-0.4, -0.2) is 85.1 Å². The van der Waals surface area contributed by atoms with E-state index in [1.807, 2.05) is 11.8 Å². The summed E-state index contributed by atoms with van der Waals surface area (Å²) in [5.74, 6) is -6.08. The molecule has 0 aromatic carbocycles. The molecule has 2 N–H and O–H groups in total. The summed E-state index contributed by atoms with van der Waals surface area (Å²) < 4.78 is 78.3. The highest BCUT2D eigenvalue weighted by atomic mass is 19.4. The van der Waals surface area contributed by atoms with E-state index in [2.05, 4.69) is 15.7 Å². The third kappa shape index (κ3) is 6.57. The monoisotopic (exact) mass is 679 g/mol. The van der Waals surface area contributed by atoms with Crippen molar-refractivity contribution in [3.05, 3.63) is 35.5 Å². The Labute approximate surface area is 272 Å². The van der Waals surface area contributed by atoms with Gasteiger partial charge in [0.1, 0.15) is 11.4 Å². The number of imidazole rings is 1. The van der Waals surface area contributed by atoms with Crippen molar-refractivity contribution >= 4 is 23.4 Å². The van der Waals surface area contributed by atoms with Crippen LogP contribution in [0.2, 0.25) is 0 Å². The van der Waals surface area contributed by atoms with Crippen LogP contribution in [0.3, 0.4) is 0 Å². The number of hydrogen-bond acceptors (Lipinski definition) is 8. The van der Waals surface area contributed by atoms with Gasteiger partial charge < -0.3 is 20.3 Å². The van der Waals surface area contributed by atoms with Crippen LogP contribution in [0.1, 0.15) is 79.8 Å². The third-order valence-electron chi connectivity index (χ3n) is 10.2. The number of ether oxygens (including phenoxy) is 1. The smallest absolute Gasteiger partial charge is 0.371 e. The zero-order valence-corrected chi connectivity index (χ0v) is 26.4. The molecule has 4 aliphatic rings. The van der Waals surface area contributed by atoms with Crippen molar-refractivity contribution in [2.24, 2.45) is 17.8 Å². The molecular weight excluding hydrogens is 641 g/mol. The number of anilines is 1. The van der Waals surface area contributed by atoms with Crippen molar-refractivity contribution in [2.45, 2.75) is 95.2 Å². The molecule has 0 radical (unpaired) electrons. The molecule has 48 heavy (non-hydrogen) atoms. The van der Waals surface area contributed by atoms with Crippen molar-refractivity contribution < 1.29 is 36.3 Å². The number of alkyl halides is 5. The summed E-state index contributed by atoms with van der Waals surface area (Å²) in [6.07, 6.45) is -0.455. The molecule has 5 atom stereocenters. The topological polar surface area (TPSA) is 132 Å². The first-order valence-corrected chi connectivity index (χ1v) is 16.6. The first-order chi connectivity index (χ1) is 22.9. The predicted octanol–water partition coefficient (Wildman–Crippen LogP) is 3.86. The molecule has 12 nitrogen and oxygen atoms in total. The molecule has 260 valence electrons. The van der Waals surface area contributed by atoms with E-state index in [0.29, 0.717) is 42.5 Å². The van der Waals surface area contributed by atoms with Crippen LogP contribution in [0.4, 0.5) is 27.8 Å². The van der Waals surface area contributed by atoms with Gasteiger partial charge in [-0.3, -0.25) is 14.3 Å². The minimum absolute atomic E-state index is 0.0295. The highest BCUT2D eigenvalue weighted by Crippen LogP contribution is 2.42. The maximum Gasteiger partial charge on any atom is 0.393 e. The van der Waals surface area contributed by atoms with E-state index >= 15 is 0 Å². The molecule has 3 aromatic rings. The van der Waals surface area contributed by atoms with E-state index in [1.54, 1.807) is 12.3 Å². The molecule has 3 aliphatic heterocycles. The van der Waals surface area contributed by atoms with Gasteiger partial charge in [-0.05, 0) is 51.0 Å². The summed E-state index contributed by atoms with van der Waals surface area (Å²) >= 11 is 0. The minimum atomic E-state index is -4.45. The Hall–Kier alpha value is -3.89. The van der Waals surface area contributed by atoms with Gasteiger partial charge >= 0.3 is 6.18 Å². The van der Waals surface area contributed by atoms with E-state index in [1.165, 1.54) is 15.4 Å². The molecular formula is C31H38F5N9O3. The van der Waals surface area contributed by atoms with Crippen LogP contribution in [0.15, 0.2) is 18.5 Å². The highest BCUT2D eigenvalue weighted by Gasteiger charge is 2.46. The van der Waals surface area contributed by atoms with Gasteiger partial charge in [0, 0.05) is 57.6 Å². The van der Waals surface area contributed by atoms with E-state index < -0.39 is 48.3 Å². The number of rotatable bonds is 8. The minimum Gasteiger partial charge on any atom is -0.371 e. The number of amides is 2. The van der Waals surface area contributed by atoms with Crippen LogP contribution in [0.5, 0.6) is 0 Å². The first kappa shape index (κ1) is 32.6. The molecule has 4 fully saturated rings. The molecule has 0 spiro atoms. The Morgan fingerprint density at radius 2 is 1.88 bits per heavy atom. The Morgan fingerprint density at radius 1 is 1.15 bits per heavy atom. The maximum absolute atomic E-state index is 14.2. The molecule has 17 heteroatoms. The number of morpholine rings is 1.